The first-order valence-corrected chi connectivity index (χ1v) is 6.71. The van der Waals surface area contributed by atoms with Crippen LogP contribution in [0.4, 0.5) is 0 Å². The van der Waals surface area contributed by atoms with Crippen LogP contribution in [0.15, 0.2) is 18.3 Å². The number of pyridine rings is 1. The number of carbonyl (C=O) groups excluding carboxylic acids is 1. The molecule has 0 atom stereocenters. The number of nitriles is 1. The van der Waals surface area contributed by atoms with Gasteiger partial charge in [-0.1, -0.05) is 6.07 Å². The molecule has 1 saturated heterocycles. The smallest absolute Gasteiger partial charge is 0.236 e. The summed E-state index contributed by atoms with van der Waals surface area (Å²) < 4.78 is 0. The van der Waals surface area contributed by atoms with Crippen molar-refractivity contribution in [3.63, 3.8) is 0 Å². The summed E-state index contributed by atoms with van der Waals surface area (Å²) >= 11 is 0. The summed E-state index contributed by atoms with van der Waals surface area (Å²) in [6.45, 7) is 4.16. The summed E-state index contributed by atoms with van der Waals surface area (Å²) in [7, 11) is 1.88. The molecule has 106 valence electrons. The highest BCUT2D eigenvalue weighted by Gasteiger charge is 2.18. The van der Waals surface area contributed by atoms with E-state index in [1.54, 1.807) is 6.20 Å². The lowest BCUT2D eigenvalue weighted by molar-refractivity contribution is -0.132. The number of nitrogens with one attached hydrogen (secondary N) is 1. The van der Waals surface area contributed by atoms with E-state index in [9.17, 15) is 4.79 Å². The maximum absolute atomic E-state index is 12.1. The zero-order chi connectivity index (χ0) is 14.4. The Hall–Kier alpha value is -1.97. The molecule has 2 rings (SSSR count). The molecule has 1 N–H and O–H groups in total. The molecular formula is C14H19N5O. The zero-order valence-electron chi connectivity index (χ0n) is 11.7. The van der Waals surface area contributed by atoms with E-state index in [0.29, 0.717) is 18.8 Å². The van der Waals surface area contributed by atoms with Gasteiger partial charge in [0.25, 0.3) is 0 Å². The number of hydrogen-bond acceptors (Lipinski definition) is 5. The molecule has 6 heteroatoms. The van der Waals surface area contributed by atoms with Crippen LogP contribution >= 0.6 is 0 Å². The molecule has 1 aromatic rings. The third-order valence-electron chi connectivity index (χ3n) is 3.31. The van der Waals surface area contributed by atoms with Crippen molar-refractivity contribution in [1.82, 2.24) is 20.1 Å². The largest absolute Gasteiger partial charge is 0.339 e. The van der Waals surface area contributed by atoms with Gasteiger partial charge in [-0.2, -0.15) is 5.26 Å². The number of hydrogen-bond donors (Lipinski definition) is 1. The number of aromatic nitrogens is 1. The summed E-state index contributed by atoms with van der Waals surface area (Å²) in [5.41, 5.74) is 1.28. The van der Waals surface area contributed by atoms with Gasteiger partial charge in [-0.05, 0) is 13.1 Å². The Morgan fingerprint density at radius 3 is 3.00 bits per heavy atom. The molecule has 1 aliphatic heterocycles. The average molecular weight is 273 g/mol. The molecule has 2 heterocycles. The van der Waals surface area contributed by atoms with Crippen molar-refractivity contribution >= 4 is 5.91 Å². The minimum atomic E-state index is 0.136. The predicted octanol–water partition coefficient (Wildman–Crippen LogP) is -0.183. The average Bonchev–Trinajstić information content (AvgIpc) is 2.48. The predicted molar refractivity (Wildman–Crippen MR) is 74.7 cm³/mol. The number of amides is 1. The molecule has 1 amide bonds. The minimum absolute atomic E-state index is 0.136. The second-order valence-electron chi connectivity index (χ2n) is 4.93. The van der Waals surface area contributed by atoms with Crippen LogP contribution < -0.4 is 5.32 Å². The summed E-state index contributed by atoms with van der Waals surface area (Å²) in [6, 6.07) is 5.76. The Balaban J connectivity index is 1.90. The topological polar surface area (TPSA) is 72.3 Å². The standard InChI is InChI=1S/C14H19N5O/c1-18(10-12-3-2-4-17-13(12)9-15)11-14(20)19-7-5-16-6-8-19/h2-4,16H,5-8,10-11H2,1H3. The maximum Gasteiger partial charge on any atom is 0.236 e. The summed E-state index contributed by atoms with van der Waals surface area (Å²) in [5, 5.41) is 12.2. The van der Waals surface area contributed by atoms with Crippen LogP contribution in [0.3, 0.4) is 0 Å². The van der Waals surface area contributed by atoms with Crippen LogP contribution in [0.1, 0.15) is 11.3 Å². The van der Waals surface area contributed by atoms with E-state index < -0.39 is 0 Å². The first-order chi connectivity index (χ1) is 9.70. The number of piperazine rings is 1. The molecule has 1 fully saturated rings. The lowest BCUT2D eigenvalue weighted by Gasteiger charge is -2.29. The van der Waals surface area contributed by atoms with E-state index in [-0.39, 0.29) is 5.91 Å². The van der Waals surface area contributed by atoms with Crippen LogP contribution in [0, 0.1) is 11.3 Å². The lowest BCUT2D eigenvalue weighted by atomic mass is 10.2. The van der Waals surface area contributed by atoms with Crippen molar-refractivity contribution in [3.05, 3.63) is 29.6 Å². The van der Waals surface area contributed by atoms with Gasteiger partial charge in [0.1, 0.15) is 11.8 Å². The van der Waals surface area contributed by atoms with Crippen LogP contribution in [-0.2, 0) is 11.3 Å². The fourth-order valence-electron chi connectivity index (χ4n) is 2.26. The van der Waals surface area contributed by atoms with Crippen LogP contribution in [-0.4, -0.2) is 60.5 Å². The first kappa shape index (κ1) is 14.4. The highest BCUT2D eigenvalue weighted by Crippen LogP contribution is 2.07. The molecule has 0 radical (unpaired) electrons. The van der Waals surface area contributed by atoms with E-state index in [1.807, 2.05) is 29.0 Å². The maximum atomic E-state index is 12.1. The molecule has 0 saturated carbocycles. The van der Waals surface area contributed by atoms with Gasteiger partial charge in [0, 0.05) is 44.5 Å². The Kier molecular flexibility index (Phi) is 5.04. The van der Waals surface area contributed by atoms with Crippen molar-refractivity contribution in [3.8, 4) is 6.07 Å². The van der Waals surface area contributed by atoms with Crippen molar-refractivity contribution in [2.24, 2.45) is 0 Å². The third-order valence-corrected chi connectivity index (χ3v) is 3.31. The van der Waals surface area contributed by atoms with Gasteiger partial charge in [-0.3, -0.25) is 9.69 Å². The quantitative estimate of drug-likeness (QED) is 0.823. The highest BCUT2D eigenvalue weighted by atomic mass is 16.2. The Morgan fingerprint density at radius 2 is 2.30 bits per heavy atom. The van der Waals surface area contributed by atoms with Crippen molar-refractivity contribution in [2.75, 3.05) is 39.8 Å². The van der Waals surface area contributed by atoms with Gasteiger partial charge >= 0.3 is 0 Å². The molecule has 0 aliphatic carbocycles. The van der Waals surface area contributed by atoms with Crippen molar-refractivity contribution < 1.29 is 4.79 Å². The lowest BCUT2D eigenvalue weighted by Crippen LogP contribution is -2.49. The normalized spacial score (nSPS) is 15.2. The van der Waals surface area contributed by atoms with E-state index in [4.69, 9.17) is 5.26 Å². The molecule has 1 aromatic heterocycles. The van der Waals surface area contributed by atoms with E-state index in [0.717, 1.165) is 31.7 Å². The number of likely N-dealkylation sites (N-methyl/N-ethyl adjacent to an activating group) is 1. The van der Waals surface area contributed by atoms with Gasteiger partial charge in [-0.15, -0.1) is 0 Å². The monoisotopic (exact) mass is 273 g/mol. The zero-order valence-corrected chi connectivity index (χ0v) is 11.7. The second kappa shape index (κ2) is 6.98. The molecule has 20 heavy (non-hydrogen) atoms. The molecule has 6 nitrogen and oxygen atoms in total. The minimum Gasteiger partial charge on any atom is -0.339 e. The van der Waals surface area contributed by atoms with Gasteiger partial charge in [0.2, 0.25) is 5.91 Å². The van der Waals surface area contributed by atoms with Crippen LogP contribution in [0.2, 0.25) is 0 Å². The van der Waals surface area contributed by atoms with E-state index in [1.165, 1.54) is 0 Å². The Morgan fingerprint density at radius 1 is 1.55 bits per heavy atom. The SMILES string of the molecule is CN(CC(=O)N1CCNCC1)Cc1cccnc1C#N. The fourth-order valence-corrected chi connectivity index (χ4v) is 2.26. The number of nitrogens with zero attached hydrogens (tertiary/aromatic N) is 4. The van der Waals surface area contributed by atoms with Gasteiger partial charge in [0.15, 0.2) is 0 Å². The Bertz CT molecular complexity index is 505. The molecule has 0 spiro atoms. The van der Waals surface area contributed by atoms with E-state index >= 15 is 0 Å². The molecule has 1 aliphatic rings. The molecule has 0 aromatic carbocycles. The summed E-state index contributed by atoms with van der Waals surface area (Å²) in [6.07, 6.45) is 1.61. The van der Waals surface area contributed by atoms with Crippen LogP contribution in [0.5, 0.6) is 0 Å². The Labute approximate surface area is 119 Å². The first-order valence-electron chi connectivity index (χ1n) is 6.71. The summed E-state index contributed by atoms with van der Waals surface area (Å²) in [4.78, 5) is 20.0. The van der Waals surface area contributed by atoms with Crippen molar-refractivity contribution in [1.29, 1.82) is 5.26 Å². The molecular weight excluding hydrogens is 254 g/mol. The van der Waals surface area contributed by atoms with Gasteiger partial charge in [-0.25, -0.2) is 4.98 Å². The fraction of sp³-hybridized carbons (Fsp3) is 0.500. The second-order valence-corrected chi connectivity index (χ2v) is 4.93. The number of rotatable bonds is 4. The van der Waals surface area contributed by atoms with Crippen molar-refractivity contribution in [2.45, 2.75) is 6.54 Å². The third kappa shape index (κ3) is 3.76. The molecule has 0 bridgehead atoms. The van der Waals surface area contributed by atoms with E-state index in [2.05, 4.69) is 16.4 Å². The molecule has 0 unspecified atom stereocenters. The highest BCUT2D eigenvalue weighted by molar-refractivity contribution is 5.78. The van der Waals surface area contributed by atoms with Gasteiger partial charge in [0.05, 0.1) is 6.54 Å². The number of carbonyl (C=O) groups is 1. The van der Waals surface area contributed by atoms with Crippen LogP contribution in [0.25, 0.3) is 0 Å². The summed E-state index contributed by atoms with van der Waals surface area (Å²) in [5.74, 6) is 0.136. The van der Waals surface area contributed by atoms with Gasteiger partial charge < -0.3 is 10.2 Å².